The fourth-order valence-electron chi connectivity index (χ4n) is 2.09. The standard InChI is InChI=1S/C17H17FN4O2/c18-7-8-23-9-10-24-15-4-1-13(2-5-15)21-22-14-3-6-16-17(11-14)20-12-19-16/h1-6,11-12H,7-10H2,(H,19,20). The fourth-order valence-corrected chi connectivity index (χ4v) is 2.09. The van der Waals surface area contributed by atoms with E-state index in [9.17, 15) is 4.39 Å². The van der Waals surface area contributed by atoms with Crippen molar-refractivity contribution in [2.24, 2.45) is 10.2 Å². The van der Waals surface area contributed by atoms with Crippen LogP contribution >= 0.6 is 0 Å². The van der Waals surface area contributed by atoms with Crippen LogP contribution in [0.2, 0.25) is 0 Å². The molecule has 0 bridgehead atoms. The number of fused-ring (bicyclic) bond motifs is 1. The van der Waals surface area contributed by atoms with Gasteiger partial charge in [-0.1, -0.05) is 0 Å². The Bertz CT molecular complexity index is 802. The van der Waals surface area contributed by atoms with Crippen molar-refractivity contribution in [3.05, 3.63) is 48.8 Å². The summed E-state index contributed by atoms with van der Waals surface area (Å²) < 4.78 is 22.3. The topological polar surface area (TPSA) is 71.9 Å². The van der Waals surface area contributed by atoms with Gasteiger partial charge in [-0.05, 0) is 42.5 Å². The molecule has 3 aromatic rings. The second-order valence-electron chi connectivity index (χ2n) is 4.95. The lowest BCUT2D eigenvalue weighted by Gasteiger charge is -2.06. The van der Waals surface area contributed by atoms with Crippen LogP contribution in [0, 0.1) is 0 Å². The van der Waals surface area contributed by atoms with Gasteiger partial charge in [0, 0.05) is 0 Å². The molecule has 0 amide bonds. The van der Waals surface area contributed by atoms with Gasteiger partial charge in [0.05, 0.1) is 41.9 Å². The maximum atomic E-state index is 11.9. The Labute approximate surface area is 138 Å². The Balaban J connectivity index is 1.55. The van der Waals surface area contributed by atoms with Crippen LogP contribution in [0.1, 0.15) is 0 Å². The van der Waals surface area contributed by atoms with Crippen molar-refractivity contribution in [3.8, 4) is 5.75 Å². The van der Waals surface area contributed by atoms with Gasteiger partial charge in [-0.25, -0.2) is 9.37 Å². The fraction of sp³-hybridized carbons (Fsp3) is 0.235. The van der Waals surface area contributed by atoms with E-state index >= 15 is 0 Å². The van der Waals surface area contributed by atoms with Gasteiger partial charge in [0.1, 0.15) is 19.0 Å². The minimum Gasteiger partial charge on any atom is -0.491 e. The van der Waals surface area contributed by atoms with E-state index in [0.29, 0.717) is 19.0 Å². The molecule has 0 aliphatic carbocycles. The van der Waals surface area contributed by atoms with Gasteiger partial charge in [0.2, 0.25) is 0 Å². The first-order valence-corrected chi connectivity index (χ1v) is 7.56. The summed E-state index contributed by atoms with van der Waals surface area (Å²) in [6.45, 7) is 0.368. The van der Waals surface area contributed by atoms with E-state index in [-0.39, 0.29) is 6.61 Å². The van der Waals surface area contributed by atoms with Gasteiger partial charge in [-0.2, -0.15) is 10.2 Å². The Morgan fingerprint density at radius 1 is 0.958 bits per heavy atom. The van der Waals surface area contributed by atoms with Gasteiger partial charge in [-0.15, -0.1) is 0 Å². The van der Waals surface area contributed by atoms with Crippen LogP contribution in [0.3, 0.4) is 0 Å². The lowest BCUT2D eigenvalue weighted by atomic mass is 10.3. The van der Waals surface area contributed by atoms with Crippen LogP contribution in [0.25, 0.3) is 11.0 Å². The quantitative estimate of drug-likeness (QED) is 0.494. The largest absolute Gasteiger partial charge is 0.491 e. The molecular weight excluding hydrogens is 311 g/mol. The van der Waals surface area contributed by atoms with Crippen molar-refractivity contribution >= 4 is 22.4 Å². The van der Waals surface area contributed by atoms with Crippen LogP contribution in [0.5, 0.6) is 5.75 Å². The second-order valence-corrected chi connectivity index (χ2v) is 4.95. The number of alkyl halides is 1. The molecule has 1 heterocycles. The summed E-state index contributed by atoms with van der Waals surface area (Å²) in [5, 5.41) is 8.41. The predicted octanol–water partition coefficient (Wildman–Crippen LogP) is 4.34. The van der Waals surface area contributed by atoms with Gasteiger partial charge in [-0.3, -0.25) is 0 Å². The smallest absolute Gasteiger partial charge is 0.119 e. The van der Waals surface area contributed by atoms with E-state index in [1.165, 1.54) is 0 Å². The molecule has 0 spiro atoms. The molecule has 1 N–H and O–H groups in total. The number of halogens is 1. The van der Waals surface area contributed by atoms with Gasteiger partial charge >= 0.3 is 0 Å². The molecule has 0 aliphatic rings. The van der Waals surface area contributed by atoms with Gasteiger partial charge in [0.15, 0.2) is 0 Å². The van der Waals surface area contributed by atoms with E-state index in [0.717, 1.165) is 22.4 Å². The number of H-pyrrole nitrogens is 1. The Morgan fingerprint density at radius 3 is 2.58 bits per heavy atom. The van der Waals surface area contributed by atoms with Crippen molar-refractivity contribution < 1.29 is 13.9 Å². The number of imidazole rings is 1. The summed E-state index contributed by atoms with van der Waals surface area (Å²) >= 11 is 0. The molecule has 0 saturated heterocycles. The number of benzene rings is 2. The second kappa shape index (κ2) is 8.16. The highest BCUT2D eigenvalue weighted by Gasteiger charge is 1.98. The highest BCUT2D eigenvalue weighted by molar-refractivity contribution is 5.77. The third kappa shape index (κ3) is 4.36. The number of nitrogens with one attached hydrogen (secondary N) is 1. The van der Waals surface area contributed by atoms with Crippen molar-refractivity contribution in [1.29, 1.82) is 0 Å². The van der Waals surface area contributed by atoms with Crippen molar-refractivity contribution in [2.75, 3.05) is 26.5 Å². The van der Waals surface area contributed by atoms with Crippen LogP contribution in [0.4, 0.5) is 15.8 Å². The zero-order valence-corrected chi connectivity index (χ0v) is 13.0. The summed E-state index contributed by atoms with van der Waals surface area (Å²) in [5.74, 6) is 0.705. The molecule has 2 aromatic carbocycles. The molecule has 0 radical (unpaired) electrons. The molecule has 0 atom stereocenters. The average molecular weight is 328 g/mol. The number of rotatable bonds is 8. The third-order valence-electron chi connectivity index (χ3n) is 3.24. The summed E-state index contributed by atoms with van der Waals surface area (Å²) in [6.07, 6.45) is 1.65. The van der Waals surface area contributed by atoms with E-state index in [4.69, 9.17) is 9.47 Å². The van der Waals surface area contributed by atoms with Crippen molar-refractivity contribution in [3.63, 3.8) is 0 Å². The zero-order valence-electron chi connectivity index (χ0n) is 13.0. The predicted molar refractivity (Wildman–Crippen MR) is 89.0 cm³/mol. The highest BCUT2D eigenvalue weighted by Crippen LogP contribution is 2.23. The van der Waals surface area contributed by atoms with Gasteiger partial charge < -0.3 is 14.5 Å². The normalized spacial score (nSPS) is 11.4. The summed E-state index contributed by atoms with van der Waals surface area (Å²) in [5.41, 5.74) is 3.29. The number of hydrogen-bond acceptors (Lipinski definition) is 5. The molecule has 0 aliphatic heterocycles. The lowest BCUT2D eigenvalue weighted by Crippen LogP contribution is -2.07. The first kappa shape index (κ1) is 16.1. The summed E-state index contributed by atoms with van der Waals surface area (Å²) in [7, 11) is 0. The van der Waals surface area contributed by atoms with Crippen molar-refractivity contribution in [1.82, 2.24) is 9.97 Å². The number of ether oxygens (including phenoxy) is 2. The minimum absolute atomic E-state index is 0.104. The monoisotopic (exact) mass is 328 g/mol. The Hall–Kier alpha value is -2.80. The number of azo groups is 1. The number of aromatic nitrogens is 2. The summed E-state index contributed by atoms with van der Waals surface area (Å²) in [4.78, 5) is 7.20. The number of nitrogens with zero attached hydrogens (tertiary/aromatic N) is 3. The summed E-state index contributed by atoms with van der Waals surface area (Å²) in [6, 6.07) is 12.9. The molecular formula is C17H17FN4O2. The minimum atomic E-state index is -0.479. The number of hydrogen-bond donors (Lipinski definition) is 1. The molecule has 24 heavy (non-hydrogen) atoms. The maximum absolute atomic E-state index is 11.9. The van der Waals surface area contributed by atoms with E-state index < -0.39 is 6.67 Å². The molecule has 0 unspecified atom stereocenters. The molecule has 7 heteroatoms. The number of aromatic amines is 1. The molecule has 6 nitrogen and oxygen atoms in total. The SMILES string of the molecule is FCCOCCOc1ccc(N=Nc2ccc3nc[nH]c3c2)cc1. The molecule has 3 rings (SSSR count). The Morgan fingerprint density at radius 2 is 1.75 bits per heavy atom. The molecule has 0 saturated carbocycles. The first-order chi connectivity index (χ1) is 11.8. The Kier molecular flexibility index (Phi) is 5.47. The zero-order chi connectivity index (χ0) is 16.6. The molecule has 1 aromatic heterocycles. The third-order valence-corrected chi connectivity index (χ3v) is 3.24. The van der Waals surface area contributed by atoms with Crippen LogP contribution in [-0.4, -0.2) is 36.5 Å². The first-order valence-electron chi connectivity index (χ1n) is 7.56. The van der Waals surface area contributed by atoms with Crippen molar-refractivity contribution in [2.45, 2.75) is 0 Å². The van der Waals surface area contributed by atoms with Crippen LogP contribution < -0.4 is 4.74 Å². The van der Waals surface area contributed by atoms with Crippen LogP contribution in [-0.2, 0) is 4.74 Å². The molecule has 0 fully saturated rings. The molecule has 124 valence electrons. The highest BCUT2D eigenvalue weighted by atomic mass is 19.1. The average Bonchev–Trinajstić information content (AvgIpc) is 3.08. The van der Waals surface area contributed by atoms with Crippen LogP contribution in [0.15, 0.2) is 59.0 Å². The van der Waals surface area contributed by atoms with E-state index in [1.54, 1.807) is 6.33 Å². The van der Waals surface area contributed by atoms with E-state index in [1.807, 2.05) is 42.5 Å². The van der Waals surface area contributed by atoms with Gasteiger partial charge in [0.25, 0.3) is 0 Å². The van der Waals surface area contributed by atoms with E-state index in [2.05, 4.69) is 20.2 Å². The lowest BCUT2D eigenvalue weighted by molar-refractivity contribution is 0.0897. The maximum Gasteiger partial charge on any atom is 0.119 e.